The van der Waals surface area contributed by atoms with Crippen molar-refractivity contribution in [2.75, 3.05) is 7.11 Å². The molecule has 0 spiro atoms. The fourth-order valence-corrected chi connectivity index (χ4v) is 3.01. The molecule has 12 heteroatoms. The SMILES string of the molecule is COC(=O)[C@H]1O[C@@H](Oc2ccc(C=O)c(O)c2)[C@@H](OC(C)=O)[C@@H](OC(C)=O)[C@H]1OC(C)=O. The second-order valence-electron chi connectivity index (χ2n) is 6.63. The van der Waals surface area contributed by atoms with Gasteiger partial charge in [-0.2, -0.15) is 0 Å². The molecule has 1 aliphatic rings. The molecule has 1 aromatic rings. The van der Waals surface area contributed by atoms with Crippen LogP contribution in [0, 0.1) is 0 Å². The highest BCUT2D eigenvalue weighted by molar-refractivity contribution is 5.79. The minimum Gasteiger partial charge on any atom is -0.507 e. The Bertz CT molecular complexity index is 895. The molecule has 0 aliphatic carbocycles. The fraction of sp³-hybridized carbons (Fsp3) is 0.450. The number of hydrogen-bond donors (Lipinski definition) is 1. The molecule has 2 rings (SSSR count). The standard InChI is InChI=1S/C20H22O12/c1-9(22)28-15-16(29-10(2)23)18(30-11(3)24)20(32-17(15)19(26)27-4)31-13-6-5-12(8-21)14(25)7-13/h5-8,15-18,20,25H,1-4H3/t15-,16+,17+,18+,20-/m1/s1. The maximum absolute atomic E-state index is 12.3. The van der Waals surface area contributed by atoms with Gasteiger partial charge in [-0.05, 0) is 12.1 Å². The molecule has 1 saturated heterocycles. The van der Waals surface area contributed by atoms with E-state index in [1.165, 1.54) is 12.1 Å². The summed E-state index contributed by atoms with van der Waals surface area (Å²) in [6, 6.07) is 3.65. The maximum atomic E-state index is 12.3. The number of carbonyl (C=O) groups is 5. The van der Waals surface area contributed by atoms with Crippen molar-refractivity contribution in [1.29, 1.82) is 0 Å². The number of benzene rings is 1. The van der Waals surface area contributed by atoms with Crippen LogP contribution in [0.25, 0.3) is 0 Å². The molecule has 1 aliphatic heterocycles. The highest BCUT2D eigenvalue weighted by Gasteiger charge is 2.55. The van der Waals surface area contributed by atoms with E-state index in [0.29, 0.717) is 6.29 Å². The number of phenolic OH excluding ortho intramolecular Hbond substituents is 1. The third kappa shape index (κ3) is 5.94. The second-order valence-corrected chi connectivity index (χ2v) is 6.63. The molecule has 1 aromatic carbocycles. The number of methoxy groups -OCH3 is 1. The molecule has 0 radical (unpaired) electrons. The Balaban J connectivity index is 2.51. The van der Waals surface area contributed by atoms with E-state index in [-0.39, 0.29) is 11.3 Å². The van der Waals surface area contributed by atoms with Gasteiger partial charge in [-0.15, -0.1) is 0 Å². The zero-order valence-electron chi connectivity index (χ0n) is 17.6. The number of ether oxygens (including phenoxy) is 6. The summed E-state index contributed by atoms with van der Waals surface area (Å²) in [4.78, 5) is 58.3. The molecule has 174 valence electrons. The molecule has 5 atom stereocenters. The van der Waals surface area contributed by atoms with Crippen LogP contribution in [0.1, 0.15) is 31.1 Å². The fourth-order valence-electron chi connectivity index (χ4n) is 3.01. The summed E-state index contributed by atoms with van der Waals surface area (Å²) in [7, 11) is 1.06. The van der Waals surface area contributed by atoms with Gasteiger partial charge in [0.1, 0.15) is 11.5 Å². The number of carbonyl (C=O) groups excluding carboxylic acids is 5. The van der Waals surface area contributed by atoms with Crippen LogP contribution < -0.4 is 4.74 Å². The molecule has 0 unspecified atom stereocenters. The van der Waals surface area contributed by atoms with E-state index >= 15 is 0 Å². The molecule has 0 amide bonds. The maximum Gasteiger partial charge on any atom is 0.339 e. The van der Waals surface area contributed by atoms with Gasteiger partial charge in [0.25, 0.3) is 0 Å². The highest BCUT2D eigenvalue weighted by Crippen LogP contribution is 2.32. The van der Waals surface area contributed by atoms with Crippen molar-refractivity contribution in [3.05, 3.63) is 23.8 Å². The van der Waals surface area contributed by atoms with E-state index in [1.807, 2.05) is 0 Å². The lowest BCUT2D eigenvalue weighted by atomic mass is 9.97. The summed E-state index contributed by atoms with van der Waals surface area (Å²) in [6.45, 7) is 3.18. The van der Waals surface area contributed by atoms with Crippen molar-refractivity contribution in [3.8, 4) is 11.5 Å². The zero-order chi connectivity index (χ0) is 24.0. The van der Waals surface area contributed by atoms with Crippen molar-refractivity contribution >= 4 is 30.2 Å². The monoisotopic (exact) mass is 454 g/mol. The van der Waals surface area contributed by atoms with Crippen LogP contribution in [-0.2, 0) is 42.9 Å². The summed E-state index contributed by atoms with van der Waals surface area (Å²) in [6.07, 6.45) is -7.29. The Labute approximate surface area is 182 Å². The van der Waals surface area contributed by atoms with Gasteiger partial charge in [0.2, 0.25) is 12.4 Å². The first-order valence-corrected chi connectivity index (χ1v) is 9.27. The van der Waals surface area contributed by atoms with Crippen LogP contribution in [0.3, 0.4) is 0 Å². The van der Waals surface area contributed by atoms with Gasteiger partial charge in [-0.1, -0.05) is 0 Å². The molecule has 32 heavy (non-hydrogen) atoms. The molecule has 12 nitrogen and oxygen atoms in total. The first-order chi connectivity index (χ1) is 15.1. The first-order valence-electron chi connectivity index (χ1n) is 9.27. The van der Waals surface area contributed by atoms with Crippen molar-refractivity contribution in [1.82, 2.24) is 0 Å². The lowest BCUT2D eigenvalue weighted by molar-refractivity contribution is -0.282. The van der Waals surface area contributed by atoms with Gasteiger partial charge in [0.05, 0.1) is 12.7 Å². The van der Waals surface area contributed by atoms with Gasteiger partial charge in [-0.25, -0.2) is 4.79 Å². The van der Waals surface area contributed by atoms with Crippen molar-refractivity contribution in [3.63, 3.8) is 0 Å². The van der Waals surface area contributed by atoms with Gasteiger partial charge in [-0.3, -0.25) is 19.2 Å². The van der Waals surface area contributed by atoms with Crippen LogP contribution in [0.4, 0.5) is 0 Å². The van der Waals surface area contributed by atoms with Crippen LogP contribution in [-0.4, -0.2) is 73.1 Å². The quantitative estimate of drug-likeness (QED) is 0.341. The highest BCUT2D eigenvalue weighted by atomic mass is 16.7. The van der Waals surface area contributed by atoms with E-state index in [4.69, 9.17) is 23.7 Å². The van der Waals surface area contributed by atoms with Crippen LogP contribution in [0.2, 0.25) is 0 Å². The van der Waals surface area contributed by atoms with E-state index in [0.717, 1.165) is 33.9 Å². The predicted octanol–water partition coefficient (Wildman–Crippen LogP) is 0.276. The summed E-state index contributed by atoms with van der Waals surface area (Å²) in [5.74, 6) is -3.91. The molecule has 0 bridgehead atoms. The average Bonchev–Trinajstić information content (AvgIpc) is 2.70. The number of aromatic hydroxyl groups is 1. The minimum absolute atomic E-state index is 0.0152. The molecular formula is C20H22O12. The Morgan fingerprint density at radius 2 is 1.50 bits per heavy atom. The van der Waals surface area contributed by atoms with E-state index < -0.39 is 60.3 Å². The predicted molar refractivity (Wildman–Crippen MR) is 101 cm³/mol. The Morgan fingerprint density at radius 1 is 0.938 bits per heavy atom. The number of rotatable bonds is 7. The summed E-state index contributed by atoms with van der Waals surface area (Å²) in [5, 5.41) is 9.88. The molecule has 0 saturated carbocycles. The minimum atomic E-state index is -1.62. The normalized spacial score (nSPS) is 24.6. The molecule has 1 N–H and O–H groups in total. The largest absolute Gasteiger partial charge is 0.507 e. The molecule has 1 fully saturated rings. The second kappa shape index (κ2) is 10.6. The lowest BCUT2D eigenvalue weighted by Crippen LogP contribution is -2.64. The number of phenols is 1. The summed E-state index contributed by atoms with van der Waals surface area (Å²) in [5.41, 5.74) is -0.0152. The number of aldehydes is 1. The Kier molecular flexibility index (Phi) is 8.13. The number of esters is 4. The van der Waals surface area contributed by atoms with Crippen molar-refractivity contribution < 1.29 is 57.5 Å². The van der Waals surface area contributed by atoms with Crippen molar-refractivity contribution in [2.45, 2.75) is 51.5 Å². The average molecular weight is 454 g/mol. The summed E-state index contributed by atoms with van der Waals surface area (Å²) >= 11 is 0. The van der Waals surface area contributed by atoms with Crippen molar-refractivity contribution in [2.24, 2.45) is 0 Å². The topological polar surface area (TPSA) is 161 Å². The zero-order valence-corrected chi connectivity index (χ0v) is 17.6. The van der Waals surface area contributed by atoms with Gasteiger partial charge < -0.3 is 33.5 Å². The van der Waals surface area contributed by atoms with Gasteiger partial charge >= 0.3 is 23.9 Å². The van der Waals surface area contributed by atoms with Crippen LogP contribution >= 0.6 is 0 Å². The van der Waals surface area contributed by atoms with Crippen LogP contribution in [0.5, 0.6) is 11.5 Å². The number of hydrogen-bond acceptors (Lipinski definition) is 12. The Hall–Kier alpha value is -3.67. The first kappa shape index (κ1) is 24.6. The van der Waals surface area contributed by atoms with Crippen LogP contribution in [0.15, 0.2) is 18.2 Å². The smallest absolute Gasteiger partial charge is 0.339 e. The molecule has 1 heterocycles. The van der Waals surface area contributed by atoms with E-state index in [2.05, 4.69) is 4.74 Å². The Morgan fingerprint density at radius 3 is 2.00 bits per heavy atom. The third-order valence-corrected chi connectivity index (χ3v) is 4.22. The summed E-state index contributed by atoms with van der Waals surface area (Å²) < 4.78 is 31.4. The van der Waals surface area contributed by atoms with Gasteiger partial charge in [0.15, 0.2) is 24.6 Å². The van der Waals surface area contributed by atoms with E-state index in [9.17, 15) is 29.1 Å². The lowest BCUT2D eigenvalue weighted by Gasteiger charge is -2.43. The van der Waals surface area contributed by atoms with E-state index in [1.54, 1.807) is 0 Å². The molecular weight excluding hydrogens is 432 g/mol. The van der Waals surface area contributed by atoms with Gasteiger partial charge in [0, 0.05) is 26.8 Å². The third-order valence-electron chi connectivity index (χ3n) is 4.22. The molecule has 0 aromatic heterocycles.